The predicted octanol–water partition coefficient (Wildman–Crippen LogP) is 0.881. The average molecular weight is 389 g/mol. The van der Waals surface area contributed by atoms with Crippen molar-refractivity contribution in [3.8, 4) is 11.4 Å². The molecule has 1 aliphatic heterocycles. The van der Waals surface area contributed by atoms with Crippen LogP contribution < -0.4 is 4.90 Å². The van der Waals surface area contributed by atoms with Gasteiger partial charge in [0.05, 0.1) is 6.04 Å². The molecule has 1 saturated heterocycles. The molecule has 0 atom stereocenters. The first kappa shape index (κ1) is 17.3. The Labute approximate surface area is 166 Å². The van der Waals surface area contributed by atoms with E-state index in [0.717, 1.165) is 11.4 Å². The molecule has 0 unspecified atom stereocenters. The van der Waals surface area contributed by atoms with Gasteiger partial charge in [-0.2, -0.15) is 9.61 Å². The van der Waals surface area contributed by atoms with E-state index in [-0.39, 0.29) is 11.9 Å². The molecule has 10 heteroatoms. The van der Waals surface area contributed by atoms with Crippen LogP contribution >= 0.6 is 0 Å². The monoisotopic (exact) mass is 389 g/mol. The average Bonchev–Trinajstić information content (AvgIpc) is 3.33. The summed E-state index contributed by atoms with van der Waals surface area (Å²) in [5, 5.41) is 17.3. The number of aromatic nitrogens is 7. The fraction of sp³-hybridized carbons (Fsp3) is 0.263. The van der Waals surface area contributed by atoms with Crippen molar-refractivity contribution in [2.75, 3.05) is 25.0 Å². The molecular weight excluding hydrogens is 370 g/mol. The fourth-order valence-corrected chi connectivity index (χ4v) is 3.39. The van der Waals surface area contributed by atoms with Crippen LogP contribution in [0.4, 0.5) is 5.82 Å². The molecule has 0 aromatic carbocycles. The molecule has 0 saturated carbocycles. The van der Waals surface area contributed by atoms with Gasteiger partial charge in [0.2, 0.25) is 0 Å². The number of fused-ring (bicyclic) bond motifs is 1. The summed E-state index contributed by atoms with van der Waals surface area (Å²) < 4.78 is 3.36. The van der Waals surface area contributed by atoms with Gasteiger partial charge in [-0.3, -0.25) is 14.5 Å². The summed E-state index contributed by atoms with van der Waals surface area (Å²) in [5.41, 5.74) is 1.98. The zero-order valence-corrected chi connectivity index (χ0v) is 16.0. The summed E-state index contributed by atoms with van der Waals surface area (Å²) in [6, 6.07) is 9.45. The van der Waals surface area contributed by atoms with Crippen molar-refractivity contribution < 1.29 is 4.79 Å². The van der Waals surface area contributed by atoms with E-state index in [2.05, 4.69) is 25.2 Å². The van der Waals surface area contributed by atoms with Crippen LogP contribution in [0.1, 0.15) is 10.5 Å². The van der Waals surface area contributed by atoms with Gasteiger partial charge in [-0.05, 0) is 30.3 Å². The molecule has 0 radical (unpaired) electrons. The smallest absolute Gasteiger partial charge is 0.274 e. The van der Waals surface area contributed by atoms with Crippen molar-refractivity contribution in [2.45, 2.75) is 6.04 Å². The highest BCUT2D eigenvalue weighted by atomic mass is 16.2. The third-order valence-corrected chi connectivity index (χ3v) is 5.16. The zero-order chi connectivity index (χ0) is 20.0. The van der Waals surface area contributed by atoms with Crippen molar-refractivity contribution in [3.63, 3.8) is 0 Å². The molecule has 4 aromatic rings. The molecule has 10 nitrogen and oxygen atoms in total. The molecule has 5 heterocycles. The van der Waals surface area contributed by atoms with Crippen molar-refractivity contribution in [2.24, 2.45) is 7.05 Å². The fourth-order valence-electron chi connectivity index (χ4n) is 3.39. The Morgan fingerprint density at radius 3 is 2.72 bits per heavy atom. The summed E-state index contributed by atoms with van der Waals surface area (Å²) in [5.74, 6) is 1.39. The lowest BCUT2D eigenvalue weighted by Gasteiger charge is -2.44. The molecule has 5 rings (SSSR count). The van der Waals surface area contributed by atoms with Crippen LogP contribution in [0.15, 0.2) is 48.9 Å². The Kier molecular flexibility index (Phi) is 3.97. The van der Waals surface area contributed by atoms with Crippen LogP contribution in [0.25, 0.3) is 17.0 Å². The molecule has 1 fully saturated rings. The minimum Gasteiger partial charge on any atom is -0.351 e. The first-order valence-corrected chi connectivity index (χ1v) is 9.25. The van der Waals surface area contributed by atoms with Crippen LogP contribution in [-0.2, 0) is 7.05 Å². The number of hydrogen-bond donors (Lipinski definition) is 0. The molecule has 0 aliphatic carbocycles. The number of amides is 1. The molecule has 0 spiro atoms. The zero-order valence-electron chi connectivity index (χ0n) is 16.0. The van der Waals surface area contributed by atoms with E-state index >= 15 is 0 Å². The van der Waals surface area contributed by atoms with Crippen LogP contribution in [-0.4, -0.2) is 71.6 Å². The molecule has 29 heavy (non-hydrogen) atoms. The Balaban J connectivity index is 1.33. The van der Waals surface area contributed by atoms with E-state index in [4.69, 9.17) is 5.10 Å². The summed E-state index contributed by atoms with van der Waals surface area (Å²) in [6.45, 7) is 1.41. The summed E-state index contributed by atoms with van der Waals surface area (Å²) in [6.07, 6.45) is 5.23. The highest BCUT2D eigenvalue weighted by Gasteiger charge is 2.34. The number of pyridine rings is 1. The number of carbonyl (C=O) groups excluding carboxylic acids is 1. The second-order valence-corrected chi connectivity index (χ2v) is 7.08. The second-order valence-electron chi connectivity index (χ2n) is 7.08. The number of hydrogen-bond acceptors (Lipinski definition) is 7. The first-order valence-electron chi connectivity index (χ1n) is 9.25. The number of anilines is 1. The number of nitrogens with zero attached hydrogens (tertiary/aromatic N) is 9. The number of rotatable bonds is 4. The predicted molar refractivity (Wildman–Crippen MR) is 105 cm³/mol. The van der Waals surface area contributed by atoms with Crippen molar-refractivity contribution in [1.82, 2.24) is 39.5 Å². The van der Waals surface area contributed by atoms with Gasteiger partial charge in [0.1, 0.15) is 11.5 Å². The quantitative estimate of drug-likeness (QED) is 0.511. The van der Waals surface area contributed by atoms with Gasteiger partial charge in [-0.15, -0.1) is 15.3 Å². The Morgan fingerprint density at radius 1 is 1.14 bits per heavy atom. The number of aryl methyl sites for hydroxylation is 1. The Bertz CT molecular complexity index is 1180. The normalized spacial score (nSPS) is 14.2. The topological polar surface area (TPSA) is 97.3 Å². The maximum absolute atomic E-state index is 12.6. The Hall–Kier alpha value is -3.82. The van der Waals surface area contributed by atoms with E-state index in [9.17, 15) is 4.79 Å². The lowest BCUT2D eigenvalue weighted by atomic mass is 10.1. The standard InChI is InChI=1S/C19H19N9O/c1-25-9-7-15(23-25)19(29)26(2)14-11-27(12-14)17-6-5-16-21-22-18(28(16)24-17)13-4-3-8-20-10-13/h3-10,14H,11-12H2,1-2H3. The van der Waals surface area contributed by atoms with E-state index in [0.29, 0.717) is 30.3 Å². The molecule has 146 valence electrons. The maximum atomic E-state index is 12.6. The van der Waals surface area contributed by atoms with E-state index in [1.807, 2.05) is 31.3 Å². The lowest BCUT2D eigenvalue weighted by Crippen LogP contribution is -2.60. The van der Waals surface area contributed by atoms with Crippen molar-refractivity contribution >= 4 is 17.4 Å². The summed E-state index contributed by atoms with van der Waals surface area (Å²) >= 11 is 0. The van der Waals surface area contributed by atoms with Gasteiger partial charge in [0.25, 0.3) is 5.91 Å². The second kappa shape index (κ2) is 6.66. The third kappa shape index (κ3) is 2.98. The first-order chi connectivity index (χ1) is 14.1. The minimum atomic E-state index is -0.0728. The number of likely N-dealkylation sites (N-methyl/N-ethyl adjacent to an activating group) is 1. The third-order valence-electron chi connectivity index (χ3n) is 5.16. The largest absolute Gasteiger partial charge is 0.351 e. The van der Waals surface area contributed by atoms with Crippen LogP contribution in [0.5, 0.6) is 0 Å². The summed E-state index contributed by atoms with van der Waals surface area (Å²) in [7, 11) is 3.62. The molecule has 0 bridgehead atoms. The molecule has 0 N–H and O–H groups in total. The van der Waals surface area contributed by atoms with Crippen LogP contribution in [0.3, 0.4) is 0 Å². The minimum absolute atomic E-state index is 0.0728. The molecule has 1 amide bonds. The molecule has 4 aromatic heterocycles. The van der Waals surface area contributed by atoms with E-state index in [1.54, 1.807) is 45.8 Å². The van der Waals surface area contributed by atoms with Gasteiger partial charge in [-0.1, -0.05) is 0 Å². The van der Waals surface area contributed by atoms with Gasteiger partial charge >= 0.3 is 0 Å². The van der Waals surface area contributed by atoms with E-state index in [1.165, 1.54) is 0 Å². The van der Waals surface area contributed by atoms with E-state index < -0.39 is 0 Å². The van der Waals surface area contributed by atoms with Crippen LogP contribution in [0.2, 0.25) is 0 Å². The van der Waals surface area contributed by atoms with Crippen molar-refractivity contribution in [1.29, 1.82) is 0 Å². The van der Waals surface area contributed by atoms with Crippen LogP contribution in [0, 0.1) is 0 Å². The highest BCUT2D eigenvalue weighted by Crippen LogP contribution is 2.24. The summed E-state index contributed by atoms with van der Waals surface area (Å²) in [4.78, 5) is 20.6. The number of carbonyl (C=O) groups is 1. The van der Waals surface area contributed by atoms with Gasteiger partial charge in [-0.25, -0.2) is 0 Å². The lowest BCUT2D eigenvalue weighted by molar-refractivity contribution is 0.0698. The highest BCUT2D eigenvalue weighted by molar-refractivity contribution is 5.92. The van der Waals surface area contributed by atoms with Gasteiger partial charge in [0, 0.05) is 51.3 Å². The molecular formula is C19H19N9O. The van der Waals surface area contributed by atoms with Gasteiger partial charge in [0.15, 0.2) is 11.5 Å². The Morgan fingerprint density at radius 2 is 2.00 bits per heavy atom. The SMILES string of the molecule is CN(C(=O)c1ccn(C)n1)C1CN(c2ccc3nnc(-c4cccnc4)n3n2)C1. The van der Waals surface area contributed by atoms with Gasteiger partial charge < -0.3 is 9.80 Å². The maximum Gasteiger partial charge on any atom is 0.274 e. The molecule has 1 aliphatic rings. The van der Waals surface area contributed by atoms with Crippen molar-refractivity contribution in [3.05, 3.63) is 54.6 Å².